The van der Waals surface area contributed by atoms with Crippen LogP contribution in [0.4, 0.5) is 0 Å². The Kier molecular flexibility index (Phi) is 3.67. The van der Waals surface area contributed by atoms with Crippen molar-refractivity contribution in [2.75, 3.05) is 13.1 Å². The lowest BCUT2D eigenvalue weighted by molar-refractivity contribution is -0.0660. The van der Waals surface area contributed by atoms with E-state index in [1.165, 1.54) is 24.8 Å². The molecule has 1 amide bonds. The summed E-state index contributed by atoms with van der Waals surface area (Å²) in [4.78, 5) is 19.2. The largest absolute Gasteiger partial charge is 0.387 e. The molecule has 0 radical (unpaired) electrons. The highest BCUT2D eigenvalue weighted by atomic mass is 16.3. The standard InChI is InChI=1S/C19H26N2O2/c1-13-11-21(12-19(13,23)16-6-4-7-16)18(22)15-9-14-5-2-3-8-17(14)20-10-15/h9-10,13,16,23H,2-8,11-12H2,1H3/t13-,19+/m1/s1. The second-order valence-corrected chi connectivity index (χ2v) is 7.74. The maximum Gasteiger partial charge on any atom is 0.255 e. The average molecular weight is 314 g/mol. The third-order valence-electron chi connectivity index (χ3n) is 6.31. The van der Waals surface area contributed by atoms with Gasteiger partial charge in [-0.25, -0.2) is 0 Å². The van der Waals surface area contributed by atoms with Crippen LogP contribution >= 0.6 is 0 Å². The molecule has 4 heteroatoms. The van der Waals surface area contributed by atoms with Gasteiger partial charge in [-0.2, -0.15) is 0 Å². The number of aryl methyl sites for hydroxylation is 2. The van der Waals surface area contributed by atoms with E-state index in [0.717, 1.165) is 31.4 Å². The van der Waals surface area contributed by atoms with Gasteiger partial charge < -0.3 is 10.0 Å². The molecule has 2 aliphatic carbocycles. The number of hydrogen-bond acceptors (Lipinski definition) is 3. The van der Waals surface area contributed by atoms with Crippen LogP contribution in [0.25, 0.3) is 0 Å². The van der Waals surface area contributed by atoms with Crippen LogP contribution in [0.3, 0.4) is 0 Å². The number of likely N-dealkylation sites (tertiary alicyclic amines) is 1. The first-order valence-corrected chi connectivity index (χ1v) is 9.07. The van der Waals surface area contributed by atoms with E-state index in [-0.39, 0.29) is 11.8 Å². The molecule has 1 N–H and O–H groups in total. The van der Waals surface area contributed by atoms with E-state index in [1.807, 2.05) is 11.0 Å². The maximum atomic E-state index is 12.9. The number of carbonyl (C=O) groups is 1. The first kappa shape index (κ1) is 15.1. The number of hydrogen-bond donors (Lipinski definition) is 1. The summed E-state index contributed by atoms with van der Waals surface area (Å²) >= 11 is 0. The van der Waals surface area contributed by atoms with Crippen molar-refractivity contribution >= 4 is 5.91 Å². The summed E-state index contributed by atoms with van der Waals surface area (Å²) in [7, 11) is 0. The molecule has 3 aliphatic rings. The molecule has 23 heavy (non-hydrogen) atoms. The van der Waals surface area contributed by atoms with Crippen LogP contribution in [0.15, 0.2) is 12.3 Å². The van der Waals surface area contributed by atoms with Crippen molar-refractivity contribution in [3.63, 3.8) is 0 Å². The van der Waals surface area contributed by atoms with Crippen LogP contribution in [0.2, 0.25) is 0 Å². The predicted molar refractivity (Wildman–Crippen MR) is 88.2 cm³/mol. The Morgan fingerprint density at radius 3 is 2.83 bits per heavy atom. The molecular weight excluding hydrogens is 288 g/mol. The van der Waals surface area contributed by atoms with Gasteiger partial charge in [-0.05, 0) is 56.1 Å². The van der Waals surface area contributed by atoms with Crippen LogP contribution in [0, 0.1) is 11.8 Å². The van der Waals surface area contributed by atoms with E-state index in [0.29, 0.717) is 24.6 Å². The zero-order valence-electron chi connectivity index (χ0n) is 13.9. The second kappa shape index (κ2) is 5.59. The fraction of sp³-hybridized carbons (Fsp3) is 0.684. The highest BCUT2D eigenvalue weighted by Gasteiger charge is 2.51. The zero-order valence-corrected chi connectivity index (χ0v) is 13.9. The molecule has 0 aromatic carbocycles. The molecule has 1 aromatic rings. The van der Waals surface area contributed by atoms with Crippen LogP contribution < -0.4 is 0 Å². The van der Waals surface area contributed by atoms with E-state index >= 15 is 0 Å². The molecule has 2 atom stereocenters. The lowest BCUT2D eigenvalue weighted by atomic mass is 9.69. The minimum absolute atomic E-state index is 0.0352. The second-order valence-electron chi connectivity index (χ2n) is 7.74. The summed E-state index contributed by atoms with van der Waals surface area (Å²) in [5.74, 6) is 0.562. The number of aromatic nitrogens is 1. The molecule has 0 bridgehead atoms. The van der Waals surface area contributed by atoms with Gasteiger partial charge in [-0.1, -0.05) is 13.3 Å². The molecule has 1 aromatic heterocycles. The van der Waals surface area contributed by atoms with Gasteiger partial charge in [0.1, 0.15) is 0 Å². The Labute approximate surface area is 137 Å². The Hall–Kier alpha value is -1.42. The Morgan fingerprint density at radius 2 is 2.09 bits per heavy atom. The van der Waals surface area contributed by atoms with Crippen LogP contribution in [-0.2, 0) is 12.8 Å². The number of carbonyl (C=O) groups excluding carboxylic acids is 1. The van der Waals surface area contributed by atoms with Gasteiger partial charge in [0.15, 0.2) is 0 Å². The van der Waals surface area contributed by atoms with Gasteiger partial charge in [0, 0.05) is 24.4 Å². The number of amides is 1. The molecule has 1 saturated heterocycles. The predicted octanol–water partition coefficient (Wildman–Crippen LogP) is 2.58. The number of pyridine rings is 1. The molecule has 0 unspecified atom stereocenters. The van der Waals surface area contributed by atoms with Crippen LogP contribution in [-0.4, -0.2) is 39.6 Å². The summed E-state index contributed by atoms with van der Waals surface area (Å²) in [6, 6.07) is 2.04. The minimum Gasteiger partial charge on any atom is -0.387 e. The van der Waals surface area contributed by atoms with Crippen molar-refractivity contribution in [3.8, 4) is 0 Å². The van der Waals surface area contributed by atoms with Crippen molar-refractivity contribution in [2.24, 2.45) is 11.8 Å². The summed E-state index contributed by atoms with van der Waals surface area (Å²) in [5.41, 5.74) is 2.41. The Morgan fingerprint density at radius 1 is 1.30 bits per heavy atom. The fourth-order valence-electron chi connectivity index (χ4n) is 4.50. The van der Waals surface area contributed by atoms with E-state index < -0.39 is 5.60 Å². The molecule has 1 saturated carbocycles. The van der Waals surface area contributed by atoms with Crippen molar-refractivity contribution in [1.29, 1.82) is 0 Å². The van der Waals surface area contributed by atoms with E-state index in [1.54, 1.807) is 6.20 Å². The van der Waals surface area contributed by atoms with Gasteiger partial charge in [-0.3, -0.25) is 9.78 Å². The van der Waals surface area contributed by atoms with Gasteiger partial charge in [0.05, 0.1) is 17.7 Å². The zero-order chi connectivity index (χ0) is 16.0. The lowest BCUT2D eigenvalue weighted by Gasteiger charge is -2.41. The monoisotopic (exact) mass is 314 g/mol. The number of fused-ring (bicyclic) bond motifs is 1. The molecule has 4 nitrogen and oxygen atoms in total. The highest BCUT2D eigenvalue weighted by Crippen LogP contribution is 2.44. The molecular formula is C19H26N2O2. The van der Waals surface area contributed by atoms with Gasteiger partial charge >= 0.3 is 0 Å². The van der Waals surface area contributed by atoms with Crippen LogP contribution in [0.5, 0.6) is 0 Å². The minimum atomic E-state index is -0.685. The summed E-state index contributed by atoms with van der Waals surface area (Å²) in [6.07, 6.45) is 9.60. The van der Waals surface area contributed by atoms with Crippen molar-refractivity contribution < 1.29 is 9.90 Å². The van der Waals surface area contributed by atoms with Crippen molar-refractivity contribution in [3.05, 3.63) is 29.1 Å². The molecule has 0 spiro atoms. The SMILES string of the molecule is C[C@@H]1CN(C(=O)c2cnc3c(c2)CCCC3)C[C@@]1(O)C1CCC1. The number of aliphatic hydroxyl groups is 1. The quantitative estimate of drug-likeness (QED) is 0.913. The van der Waals surface area contributed by atoms with Crippen molar-refractivity contribution in [2.45, 2.75) is 57.5 Å². The van der Waals surface area contributed by atoms with Gasteiger partial charge in [0.25, 0.3) is 5.91 Å². The molecule has 1 aliphatic heterocycles. The molecule has 2 fully saturated rings. The topological polar surface area (TPSA) is 53.4 Å². The molecule has 124 valence electrons. The fourth-order valence-corrected chi connectivity index (χ4v) is 4.50. The Bertz CT molecular complexity index is 626. The van der Waals surface area contributed by atoms with Gasteiger partial charge in [0.2, 0.25) is 0 Å². The smallest absolute Gasteiger partial charge is 0.255 e. The number of nitrogens with zero attached hydrogens (tertiary/aromatic N) is 2. The highest BCUT2D eigenvalue weighted by molar-refractivity contribution is 5.94. The number of β-amino-alcohol motifs (C(OH)–C–C–N with tert-alkyl or cyclic N) is 1. The van der Waals surface area contributed by atoms with E-state index in [9.17, 15) is 9.90 Å². The summed E-state index contributed by atoms with van der Waals surface area (Å²) in [6.45, 7) is 3.22. The lowest BCUT2D eigenvalue weighted by Crippen LogP contribution is -2.48. The first-order valence-electron chi connectivity index (χ1n) is 9.07. The van der Waals surface area contributed by atoms with Crippen LogP contribution in [0.1, 0.15) is 60.6 Å². The molecule has 2 heterocycles. The van der Waals surface area contributed by atoms with E-state index in [4.69, 9.17) is 0 Å². The third kappa shape index (κ3) is 2.47. The summed E-state index contributed by atoms with van der Waals surface area (Å²) < 4.78 is 0. The Balaban J connectivity index is 1.53. The summed E-state index contributed by atoms with van der Waals surface area (Å²) in [5, 5.41) is 11.0. The molecule has 4 rings (SSSR count). The first-order chi connectivity index (χ1) is 11.1. The van der Waals surface area contributed by atoms with Gasteiger partial charge in [-0.15, -0.1) is 0 Å². The maximum absolute atomic E-state index is 12.9. The van der Waals surface area contributed by atoms with E-state index in [2.05, 4.69) is 11.9 Å². The third-order valence-corrected chi connectivity index (χ3v) is 6.31. The van der Waals surface area contributed by atoms with Crippen molar-refractivity contribution in [1.82, 2.24) is 9.88 Å². The average Bonchev–Trinajstić information content (AvgIpc) is 2.80. The normalized spacial score (nSPS) is 30.9. The number of rotatable bonds is 2.